The Hall–Kier alpha value is -0.920. The predicted molar refractivity (Wildman–Crippen MR) is 77.8 cm³/mol. The van der Waals surface area contributed by atoms with Crippen molar-refractivity contribution < 1.29 is 8.42 Å². The van der Waals surface area contributed by atoms with Crippen molar-refractivity contribution in [1.82, 2.24) is 19.2 Å². The molecule has 7 heteroatoms. The lowest BCUT2D eigenvalue weighted by Gasteiger charge is -2.37. The van der Waals surface area contributed by atoms with Gasteiger partial charge in [-0.05, 0) is 18.9 Å². The van der Waals surface area contributed by atoms with Crippen LogP contribution in [0.1, 0.15) is 26.7 Å². The number of aryl methyl sites for hydroxylation is 1. The summed E-state index contributed by atoms with van der Waals surface area (Å²) in [4.78, 5) is 3.99. The van der Waals surface area contributed by atoms with Gasteiger partial charge in [0.05, 0.1) is 6.33 Å². The van der Waals surface area contributed by atoms with E-state index in [1.54, 1.807) is 22.1 Å². The highest BCUT2D eigenvalue weighted by Gasteiger charge is 2.35. The van der Waals surface area contributed by atoms with Crippen molar-refractivity contribution in [2.45, 2.75) is 37.8 Å². The minimum Gasteiger partial charge on any atom is -0.339 e. The Bertz CT molecular complexity index is 540. The summed E-state index contributed by atoms with van der Waals surface area (Å²) in [5.74, 6) is 0.363. The smallest absolute Gasteiger partial charge is 0.262 e. The Morgan fingerprint density at radius 2 is 2.20 bits per heavy atom. The number of sulfonamides is 1. The summed E-state index contributed by atoms with van der Waals surface area (Å²) in [6.45, 7) is 6.27. The average Bonchev–Trinajstić information content (AvgIpc) is 2.87. The molecule has 2 heterocycles. The van der Waals surface area contributed by atoms with Crippen LogP contribution in [0.3, 0.4) is 0 Å². The monoisotopic (exact) mass is 300 g/mol. The molecule has 2 rings (SSSR count). The van der Waals surface area contributed by atoms with Gasteiger partial charge in [-0.25, -0.2) is 13.4 Å². The number of hydrogen-bond acceptors (Lipinski definition) is 4. The second kappa shape index (κ2) is 6.24. The topological polar surface area (TPSA) is 67.2 Å². The van der Waals surface area contributed by atoms with Crippen molar-refractivity contribution >= 4 is 10.0 Å². The van der Waals surface area contributed by atoms with Gasteiger partial charge in [0.1, 0.15) is 0 Å². The first-order chi connectivity index (χ1) is 9.48. The van der Waals surface area contributed by atoms with Crippen LogP contribution in [0.2, 0.25) is 0 Å². The van der Waals surface area contributed by atoms with Gasteiger partial charge in [-0.3, -0.25) is 0 Å². The molecule has 1 aromatic heterocycles. The molecule has 1 N–H and O–H groups in total. The Morgan fingerprint density at radius 3 is 2.75 bits per heavy atom. The number of nitrogens with one attached hydrogen (secondary N) is 1. The van der Waals surface area contributed by atoms with Gasteiger partial charge in [-0.2, -0.15) is 4.31 Å². The molecule has 1 aromatic rings. The van der Waals surface area contributed by atoms with Crippen LogP contribution in [0.5, 0.6) is 0 Å². The van der Waals surface area contributed by atoms with E-state index in [2.05, 4.69) is 24.1 Å². The standard InChI is InChI=1S/C13H24N4O2S/c1-4-11-8-17(7-6-12(11)14-5-2)20(18,19)13-9-16(3)10-15-13/h9-12,14H,4-8H2,1-3H3. The minimum atomic E-state index is -3.45. The van der Waals surface area contributed by atoms with Crippen molar-refractivity contribution in [3.63, 3.8) is 0 Å². The zero-order chi connectivity index (χ0) is 14.8. The van der Waals surface area contributed by atoms with E-state index < -0.39 is 10.0 Å². The van der Waals surface area contributed by atoms with Gasteiger partial charge < -0.3 is 9.88 Å². The Morgan fingerprint density at radius 1 is 1.45 bits per heavy atom. The van der Waals surface area contributed by atoms with E-state index in [-0.39, 0.29) is 5.03 Å². The molecule has 0 amide bonds. The fraction of sp³-hybridized carbons (Fsp3) is 0.769. The maximum Gasteiger partial charge on any atom is 0.262 e. The summed E-state index contributed by atoms with van der Waals surface area (Å²) in [5.41, 5.74) is 0. The van der Waals surface area contributed by atoms with Gasteiger partial charge >= 0.3 is 0 Å². The lowest BCUT2D eigenvalue weighted by molar-refractivity contribution is 0.204. The highest BCUT2D eigenvalue weighted by Crippen LogP contribution is 2.25. The Labute approximate surface area is 121 Å². The number of rotatable bonds is 5. The lowest BCUT2D eigenvalue weighted by Crippen LogP contribution is -2.50. The van der Waals surface area contributed by atoms with Crippen molar-refractivity contribution in [2.24, 2.45) is 13.0 Å². The summed E-state index contributed by atoms with van der Waals surface area (Å²) >= 11 is 0. The fourth-order valence-corrected chi connectivity index (χ4v) is 4.29. The summed E-state index contributed by atoms with van der Waals surface area (Å²) in [6.07, 6.45) is 4.92. The van der Waals surface area contributed by atoms with Crippen molar-refractivity contribution in [1.29, 1.82) is 0 Å². The van der Waals surface area contributed by atoms with Crippen LogP contribution < -0.4 is 5.32 Å². The third-order valence-electron chi connectivity index (χ3n) is 3.97. The molecule has 20 heavy (non-hydrogen) atoms. The van der Waals surface area contributed by atoms with Crippen LogP contribution in [0.15, 0.2) is 17.6 Å². The molecular weight excluding hydrogens is 276 g/mol. The Balaban J connectivity index is 2.14. The van der Waals surface area contributed by atoms with E-state index in [1.165, 1.54) is 6.33 Å². The minimum absolute atomic E-state index is 0.150. The first-order valence-corrected chi connectivity index (χ1v) is 8.64. The molecule has 1 fully saturated rings. The van der Waals surface area contributed by atoms with E-state index >= 15 is 0 Å². The number of piperidine rings is 1. The van der Waals surface area contributed by atoms with Gasteiger partial charge in [0, 0.05) is 32.4 Å². The molecule has 0 bridgehead atoms. The van der Waals surface area contributed by atoms with Gasteiger partial charge in [0.2, 0.25) is 0 Å². The van der Waals surface area contributed by atoms with Crippen molar-refractivity contribution in [3.8, 4) is 0 Å². The molecule has 114 valence electrons. The van der Waals surface area contributed by atoms with Crippen LogP contribution in [0.25, 0.3) is 0 Å². The van der Waals surface area contributed by atoms with Crippen molar-refractivity contribution in [3.05, 3.63) is 12.5 Å². The molecule has 6 nitrogen and oxygen atoms in total. The van der Waals surface area contributed by atoms with Crippen LogP contribution >= 0.6 is 0 Å². The SMILES string of the molecule is CCNC1CCN(S(=O)(=O)c2cn(C)cn2)CC1CC. The van der Waals surface area contributed by atoms with Gasteiger partial charge in [0.15, 0.2) is 5.03 Å². The summed E-state index contributed by atoms with van der Waals surface area (Å²) in [5, 5.41) is 3.61. The Kier molecular flexibility index (Phi) is 4.82. The summed E-state index contributed by atoms with van der Waals surface area (Å²) in [7, 11) is -1.67. The van der Waals surface area contributed by atoms with E-state index in [1.807, 2.05) is 0 Å². The van der Waals surface area contributed by atoms with Crippen LogP contribution in [-0.2, 0) is 17.1 Å². The molecule has 2 atom stereocenters. The predicted octanol–water partition coefficient (Wildman–Crippen LogP) is 0.819. The average molecular weight is 300 g/mol. The van der Waals surface area contributed by atoms with Crippen molar-refractivity contribution in [2.75, 3.05) is 19.6 Å². The van der Waals surface area contributed by atoms with E-state index in [0.717, 1.165) is 19.4 Å². The fourth-order valence-electron chi connectivity index (χ4n) is 2.82. The largest absolute Gasteiger partial charge is 0.339 e. The summed E-state index contributed by atoms with van der Waals surface area (Å²) < 4.78 is 28.4. The first-order valence-electron chi connectivity index (χ1n) is 7.20. The molecule has 0 radical (unpaired) electrons. The number of aromatic nitrogens is 2. The van der Waals surface area contributed by atoms with Crippen LogP contribution in [0.4, 0.5) is 0 Å². The molecule has 0 aromatic carbocycles. The normalized spacial score (nSPS) is 24.9. The highest BCUT2D eigenvalue weighted by molar-refractivity contribution is 7.89. The van der Waals surface area contributed by atoms with E-state index in [9.17, 15) is 8.42 Å². The molecule has 1 saturated heterocycles. The quantitative estimate of drug-likeness (QED) is 0.874. The lowest BCUT2D eigenvalue weighted by atomic mass is 9.91. The highest BCUT2D eigenvalue weighted by atomic mass is 32.2. The third kappa shape index (κ3) is 3.05. The van der Waals surface area contributed by atoms with E-state index in [0.29, 0.717) is 25.0 Å². The van der Waals surface area contributed by atoms with Gasteiger partial charge in [-0.1, -0.05) is 20.3 Å². The maximum atomic E-state index is 12.6. The molecule has 0 aliphatic carbocycles. The second-order valence-corrected chi connectivity index (χ2v) is 7.25. The molecule has 0 saturated carbocycles. The summed E-state index contributed by atoms with van der Waals surface area (Å²) in [6, 6.07) is 0.417. The number of nitrogens with zero attached hydrogens (tertiary/aromatic N) is 3. The van der Waals surface area contributed by atoms with Crippen LogP contribution in [0, 0.1) is 5.92 Å². The molecule has 1 aliphatic rings. The molecule has 2 unspecified atom stereocenters. The van der Waals surface area contributed by atoms with Gasteiger partial charge in [0.25, 0.3) is 10.0 Å². The third-order valence-corrected chi connectivity index (χ3v) is 5.72. The van der Waals surface area contributed by atoms with Gasteiger partial charge in [-0.15, -0.1) is 0 Å². The van der Waals surface area contributed by atoms with Crippen LogP contribution in [-0.4, -0.2) is 48.0 Å². The first kappa shape index (κ1) is 15.5. The molecular formula is C13H24N4O2S. The van der Waals surface area contributed by atoms with E-state index in [4.69, 9.17) is 0 Å². The molecule has 0 spiro atoms. The maximum absolute atomic E-state index is 12.6. The number of imidazole rings is 1. The number of hydrogen-bond donors (Lipinski definition) is 1. The zero-order valence-electron chi connectivity index (χ0n) is 12.4. The second-order valence-electron chi connectivity index (χ2n) is 5.36. The molecule has 1 aliphatic heterocycles. The zero-order valence-corrected chi connectivity index (χ0v) is 13.2.